The van der Waals surface area contributed by atoms with E-state index in [1.165, 1.54) is 17.1 Å². The molecule has 150 valence electrons. The van der Waals surface area contributed by atoms with Gasteiger partial charge >= 0.3 is 5.97 Å². The van der Waals surface area contributed by atoms with Gasteiger partial charge in [-0.05, 0) is 30.5 Å². The Balaban J connectivity index is 1.70. The summed E-state index contributed by atoms with van der Waals surface area (Å²) in [7, 11) is 0. The molecule has 28 heavy (non-hydrogen) atoms. The second kappa shape index (κ2) is 8.95. The van der Waals surface area contributed by atoms with Crippen molar-refractivity contribution < 1.29 is 23.9 Å². The molecule has 0 unspecified atom stereocenters. The summed E-state index contributed by atoms with van der Waals surface area (Å²) in [5.74, 6) is -2.50. The smallest absolute Gasteiger partial charge is 0.308 e. The normalized spacial score (nSPS) is 23.0. The topological polar surface area (TPSA) is 99.1 Å². The van der Waals surface area contributed by atoms with E-state index in [1.807, 2.05) is 0 Å². The molecule has 1 saturated carbocycles. The van der Waals surface area contributed by atoms with Gasteiger partial charge in [0.1, 0.15) is 11.5 Å². The average molecular weight is 389 g/mol. The van der Waals surface area contributed by atoms with Gasteiger partial charge in [-0.3, -0.25) is 14.4 Å². The number of hydrogen-bond acceptors (Lipinski definition) is 4. The lowest BCUT2D eigenvalue weighted by atomic mass is 9.94. The number of carbonyl (C=O) groups excluding carboxylic acids is 2. The highest BCUT2D eigenvalue weighted by molar-refractivity contribution is 6.39. The number of aliphatic carboxylic acids is 1. The van der Waals surface area contributed by atoms with E-state index in [4.69, 9.17) is 0 Å². The van der Waals surface area contributed by atoms with E-state index in [9.17, 15) is 23.9 Å². The van der Waals surface area contributed by atoms with Crippen molar-refractivity contribution in [3.63, 3.8) is 0 Å². The number of carboxylic acid groups (broad SMARTS) is 1. The zero-order chi connectivity index (χ0) is 20.1. The fourth-order valence-electron chi connectivity index (χ4n) is 3.68. The standard InChI is InChI=1S/C20H24FN3O4/c21-14-8-6-13(7-9-14)12-24-18(25)11-10-17(23-24)19(26)22-16-5-3-1-2-4-15(16)20(27)28/h6-9,15-16H,1-5,10-12H2,(H,22,26)(H,27,28)/t15-,16+/m1/s1. The zero-order valence-corrected chi connectivity index (χ0v) is 15.6. The summed E-state index contributed by atoms with van der Waals surface area (Å²) >= 11 is 0. The first kappa shape index (κ1) is 20.0. The summed E-state index contributed by atoms with van der Waals surface area (Å²) in [4.78, 5) is 36.4. The molecule has 7 nitrogen and oxygen atoms in total. The summed E-state index contributed by atoms with van der Waals surface area (Å²) in [5, 5.41) is 17.7. The summed E-state index contributed by atoms with van der Waals surface area (Å²) in [5.41, 5.74) is 0.921. The Morgan fingerprint density at radius 1 is 1.14 bits per heavy atom. The third kappa shape index (κ3) is 4.94. The van der Waals surface area contributed by atoms with E-state index in [1.54, 1.807) is 12.1 Å². The fourth-order valence-corrected chi connectivity index (χ4v) is 3.68. The van der Waals surface area contributed by atoms with E-state index < -0.39 is 23.8 Å². The zero-order valence-electron chi connectivity index (χ0n) is 15.6. The van der Waals surface area contributed by atoms with Crippen molar-refractivity contribution in [3.8, 4) is 0 Å². The highest BCUT2D eigenvalue weighted by Crippen LogP contribution is 2.24. The van der Waals surface area contributed by atoms with Crippen molar-refractivity contribution in [2.24, 2.45) is 11.0 Å². The molecule has 0 aromatic heterocycles. The van der Waals surface area contributed by atoms with Crippen LogP contribution in [0.1, 0.15) is 50.5 Å². The summed E-state index contributed by atoms with van der Waals surface area (Å²) in [6, 6.07) is 5.31. The number of carboxylic acids is 1. The second-order valence-corrected chi connectivity index (χ2v) is 7.29. The number of carbonyl (C=O) groups is 3. The van der Waals surface area contributed by atoms with E-state index in [0.29, 0.717) is 18.4 Å². The fraction of sp³-hybridized carbons (Fsp3) is 0.500. The minimum absolute atomic E-state index is 0.150. The maximum absolute atomic E-state index is 13.0. The Morgan fingerprint density at radius 2 is 1.86 bits per heavy atom. The van der Waals surface area contributed by atoms with Crippen LogP contribution in [0.15, 0.2) is 29.4 Å². The lowest BCUT2D eigenvalue weighted by Gasteiger charge is -2.26. The number of nitrogens with zero attached hydrogens (tertiary/aromatic N) is 2. The molecular weight excluding hydrogens is 365 g/mol. The average Bonchev–Trinajstić information content (AvgIpc) is 2.91. The third-order valence-electron chi connectivity index (χ3n) is 5.26. The number of amides is 2. The van der Waals surface area contributed by atoms with Gasteiger partial charge in [0.2, 0.25) is 5.91 Å². The van der Waals surface area contributed by atoms with E-state index in [-0.39, 0.29) is 36.8 Å². The number of benzene rings is 1. The van der Waals surface area contributed by atoms with Crippen LogP contribution in [0.2, 0.25) is 0 Å². The van der Waals surface area contributed by atoms with Crippen LogP contribution in [0.25, 0.3) is 0 Å². The Hall–Kier alpha value is -2.77. The lowest BCUT2D eigenvalue weighted by Crippen LogP contribution is -2.47. The molecule has 0 spiro atoms. The largest absolute Gasteiger partial charge is 0.481 e. The van der Waals surface area contributed by atoms with Crippen molar-refractivity contribution >= 4 is 23.5 Å². The van der Waals surface area contributed by atoms with Gasteiger partial charge in [-0.15, -0.1) is 0 Å². The molecule has 1 aromatic rings. The van der Waals surface area contributed by atoms with Crippen LogP contribution < -0.4 is 5.32 Å². The molecule has 1 aliphatic heterocycles. The van der Waals surface area contributed by atoms with Crippen LogP contribution >= 0.6 is 0 Å². The Labute approximate surface area is 162 Å². The van der Waals surface area contributed by atoms with Crippen LogP contribution in [-0.4, -0.2) is 39.7 Å². The molecule has 2 amide bonds. The number of rotatable bonds is 5. The van der Waals surface area contributed by atoms with Gasteiger partial charge < -0.3 is 10.4 Å². The first-order valence-corrected chi connectivity index (χ1v) is 9.60. The van der Waals surface area contributed by atoms with Crippen LogP contribution in [0.5, 0.6) is 0 Å². The van der Waals surface area contributed by atoms with Gasteiger partial charge in [0.15, 0.2) is 0 Å². The molecule has 8 heteroatoms. The van der Waals surface area contributed by atoms with Crippen molar-refractivity contribution in [3.05, 3.63) is 35.6 Å². The molecule has 1 aromatic carbocycles. The molecule has 0 bridgehead atoms. The number of hydrazone groups is 1. The maximum atomic E-state index is 13.0. The molecule has 0 saturated heterocycles. The van der Waals surface area contributed by atoms with Gasteiger partial charge in [-0.1, -0.05) is 31.4 Å². The van der Waals surface area contributed by atoms with Crippen molar-refractivity contribution in [1.82, 2.24) is 10.3 Å². The predicted octanol–water partition coefficient (Wildman–Crippen LogP) is 2.45. The third-order valence-corrected chi connectivity index (χ3v) is 5.26. The van der Waals surface area contributed by atoms with E-state index >= 15 is 0 Å². The SMILES string of the molecule is O=C(N[C@H]1CCCCC[C@H]1C(=O)O)C1=NN(Cc2ccc(F)cc2)C(=O)CC1. The maximum Gasteiger partial charge on any atom is 0.308 e. The molecule has 1 aliphatic carbocycles. The van der Waals surface area contributed by atoms with E-state index in [0.717, 1.165) is 19.3 Å². The van der Waals surface area contributed by atoms with Crippen LogP contribution in [0, 0.1) is 11.7 Å². The van der Waals surface area contributed by atoms with Crippen LogP contribution in [-0.2, 0) is 20.9 Å². The molecule has 0 radical (unpaired) electrons. The van der Waals surface area contributed by atoms with Crippen LogP contribution in [0.3, 0.4) is 0 Å². The van der Waals surface area contributed by atoms with Gasteiger partial charge in [-0.2, -0.15) is 5.10 Å². The molecule has 1 fully saturated rings. The summed E-state index contributed by atoms with van der Waals surface area (Å²) in [6.07, 6.45) is 4.20. The lowest BCUT2D eigenvalue weighted by molar-refractivity contribution is -0.143. The van der Waals surface area contributed by atoms with Crippen molar-refractivity contribution in [2.75, 3.05) is 0 Å². The highest BCUT2D eigenvalue weighted by Gasteiger charge is 2.32. The molecule has 2 atom stereocenters. The molecule has 2 aliphatic rings. The summed E-state index contributed by atoms with van der Waals surface area (Å²) in [6.45, 7) is 0.150. The van der Waals surface area contributed by atoms with Gasteiger partial charge in [0.25, 0.3) is 5.91 Å². The second-order valence-electron chi connectivity index (χ2n) is 7.29. The molecule has 3 rings (SSSR count). The molecular formula is C20H24FN3O4. The Bertz CT molecular complexity index is 778. The van der Waals surface area contributed by atoms with Crippen molar-refractivity contribution in [1.29, 1.82) is 0 Å². The highest BCUT2D eigenvalue weighted by atomic mass is 19.1. The van der Waals surface area contributed by atoms with Crippen LogP contribution in [0.4, 0.5) is 4.39 Å². The number of hydrogen-bond donors (Lipinski definition) is 2. The first-order chi connectivity index (χ1) is 13.4. The monoisotopic (exact) mass is 389 g/mol. The van der Waals surface area contributed by atoms with Gasteiger partial charge in [0, 0.05) is 18.9 Å². The van der Waals surface area contributed by atoms with E-state index in [2.05, 4.69) is 10.4 Å². The minimum Gasteiger partial charge on any atom is -0.481 e. The Kier molecular flexibility index (Phi) is 6.38. The van der Waals surface area contributed by atoms with Gasteiger partial charge in [-0.25, -0.2) is 9.40 Å². The Morgan fingerprint density at radius 3 is 2.57 bits per heavy atom. The van der Waals surface area contributed by atoms with Gasteiger partial charge in [0.05, 0.1) is 12.5 Å². The quantitative estimate of drug-likeness (QED) is 0.756. The molecule has 1 heterocycles. The molecule has 2 N–H and O–H groups in total. The predicted molar refractivity (Wildman–Crippen MR) is 99.8 cm³/mol. The number of nitrogens with one attached hydrogen (secondary N) is 1. The number of halogens is 1. The summed E-state index contributed by atoms with van der Waals surface area (Å²) < 4.78 is 13.0. The minimum atomic E-state index is -0.897. The van der Waals surface area contributed by atoms with Crippen molar-refractivity contribution in [2.45, 2.75) is 57.5 Å². The first-order valence-electron chi connectivity index (χ1n) is 9.60.